The lowest BCUT2D eigenvalue weighted by Crippen LogP contribution is -2.56. The van der Waals surface area contributed by atoms with E-state index in [-0.39, 0.29) is 22.7 Å². The average molecular weight is 403 g/mol. The van der Waals surface area contributed by atoms with Gasteiger partial charge in [0.25, 0.3) is 5.60 Å². The molecule has 0 bridgehead atoms. The first-order chi connectivity index (χ1) is 12.6. The van der Waals surface area contributed by atoms with Crippen molar-refractivity contribution in [3.05, 3.63) is 46.7 Å². The summed E-state index contributed by atoms with van der Waals surface area (Å²) in [6.07, 6.45) is -4.89. The van der Waals surface area contributed by atoms with Crippen LogP contribution in [0, 0.1) is 0 Å². The van der Waals surface area contributed by atoms with Crippen molar-refractivity contribution in [3.8, 4) is 0 Å². The molecule has 1 atom stereocenters. The minimum Gasteiger partial charge on any atom is -0.426 e. The maximum Gasteiger partial charge on any atom is 0.434 e. The summed E-state index contributed by atoms with van der Waals surface area (Å²) in [7, 11) is 1.65. The summed E-state index contributed by atoms with van der Waals surface area (Å²) in [5.41, 5.74) is -3.15. The summed E-state index contributed by atoms with van der Waals surface area (Å²) in [4.78, 5) is 23.8. The summed E-state index contributed by atoms with van der Waals surface area (Å²) in [6, 6.07) is 5.20. The molecule has 1 aliphatic rings. The van der Waals surface area contributed by atoms with E-state index in [1.54, 1.807) is 19.3 Å². The van der Waals surface area contributed by atoms with E-state index in [1.165, 1.54) is 16.8 Å². The van der Waals surface area contributed by atoms with Gasteiger partial charge in [0.15, 0.2) is 0 Å². The number of amides is 2. The Morgan fingerprint density at radius 2 is 2.15 bits per heavy atom. The van der Waals surface area contributed by atoms with Crippen LogP contribution in [-0.4, -0.2) is 34.5 Å². The standard InChI is InChI=1S/C16H14ClF3N4O3/c1-24-5-4-10(23-24)7-13(25)21-8-15(16(18,19)20)11-6-9(17)2-3-12(11)22-14(26)27-15/h2-6H,7-8H2,1H3,(H,21,25)(H,22,26). The highest BCUT2D eigenvalue weighted by Gasteiger charge is 2.62. The van der Waals surface area contributed by atoms with Crippen LogP contribution in [0.3, 0.4) is 0 Å². The van der Waals surface area contributed by atoms with E-state index in [1.807, 2.05) is 0 Å². The van der Waals surface area contributed by atoms with E-state index in [9.17, 15) is 22.8 Å². The van der Waals surface area contributed by atoms with Gasteiger partial charge in [0.05, 0.1) is 24.3 Å². The number of hydrogen-bond donors (Lipinski definition) is 2. The van der Waals surface area contributed by atoms with E-state index in [0.717, 1.165) is 6.07 Å². The molecule has 3 rings (SSSR count). The van der Waals surface area contributed by atoms with Gasteiger partial charge in [0, 0.05) is 23.8 Å². The molecule has 2 amide bonds. The number of hydrogen-bond acceptors (Lipinski definition) is 4. The number of anilines is 1. The first-order valence-corrected chi connectivity index (χ1v) is 8.10. The first-order valence-electron chi connectivity index (χ1n) is 7.73. The number of aromatic nitrogens is 2. The Hall–Kier alpha value is -2.75. The third kappa shape index (κ3) is 3.70. The van der Waals surface area contributed by atoms with Crippen molar-refractivity contribution in [2.75, 3.05) is 11.9 Å². The number of carbonyl (C=O) groups is 2. The number of cyclic esters (lactones) is 1. The molecule has 0 fully saturated rings. The second-order valence-electron chi connectivity index (χ2n) is 5.96. The van der Waals surface area contributed by atoms with Crippen LogP contribution in [0.1, 0.15) is 11.3 Å². The molecule has 1 aromatic carbocycles. The number of nitrogens with one attached hydrogen (secondary N) is 2. The van der Waals surface area contributed by atoms with Crippen molar-refractivity contribution in [3.63, 3.8) is 0 Å². The second-order valence-corrected chi connectivity index (χ2v) is 6.40. The Morgan fingerprint density at radius 3 is 2.78 bits per heavy atom. The molecule has 2 aromatic rings. The van der Waals surface area contributed by atoms with Gasteiger partial charge in [-0.2, -0.15) is 18.3 Å². The molecule has 27 heavy (non-hydrogen) atoms. The number of benzene rings is 1. The van der Waals surface area contributed by atoms with Gasteiger partial charge in [-0.05, 0) is 24.3 Å². The maximum atomic E-state index is 13.9. The number of ether oxygens (including phenoxy) is 1. The molecule has 1 aliphatic heterocycles. The van der Waals surface area contributed by atoms with E-state index in [4.69, 9.17) is 11.6 Å². The Morgan fingerprint density at radius 1 is 1.41 bits per heavy atom. The van der Waals surface area contributed by atoms with Crippen molar-refractivity contribution < 1.29 is 27.5 Å². The second kappa shape index (κ2) is 6.76. The molecule has 0 saturated carbocycles. The van der Waals surface area contributed by atoms with Crippen molar-refractivity contribution in [1.29, 1.82) is 0 Å². The Balaban J connectivity index is 1.89. The van der Waals surface area contributed by atoms with Crippen LogP contribution < -0.4 is 10.6 Å². The average Bonchev–Trinajstić information content (AvgIpc) is 2.97. The molecule has 0 spiro atoms. The highest BCUT2D eigenvalue weighted by Crippen LogP contribution is 2.47. The number of halogens is 4. The molecule has 1 aromatic heterocycles. The molecular formula is C16H14ClF3N4O3. The fourth-order valence-electron chi connectivity index (χ4n) is 2.76. The molecule has 2 heterocycles. The van der Waals surface area contributed by atoms with Crippen LogP contribution >= 0.6 is 11.6 Å². The molecule has 0 aliphatic carbocycles. The minimum absolute atomic E-state index is 0.0296. The van der Waals surface area contributed by atoms with Crippen molar-refractivity contribution in [2.45, 2.75) is 18.2 Å². The Labute approximate surface area is 156 Å². The van der Waals surface area contributed by atoms with Gasteiger partial charge in [0.1, 0.15) is 0 Å². The zero-order chi connectivity index (χ0) is 19.8. The monoisotopic (exact) mass is 402 g/mol. The topological polar surface area (TPSA) is 85.2 Å². The summed E-state index contributed by atoms with van der Waals surface area (Å²) in [5.74, 6) is -0.699. The number of carbonyl (C=O) groups excluding carboxylic acids is 2. The fraction of sp³-hybridized carbons (Fsp3) is 0.312. The van der Waals surface area contributed by atoms with Crippen molar-refractivity contribution in [1.82, 2.24) is 15.1 Å². The van der Waals surface area contributed by atoms with E-state index in [2.05, 4.69) is 20.5 Å². The van der Waals surface area contributed by atoms with Crippen LogP contribution in [0.25, 0.3) is 0 Å². The number of rotatable bonds is 4. The molecule has 2 N–H and O–H groups in total. The highest BCUT2D eigenvalue weighted by molar-refractivity contribution is 6.30. The third-order valence-electron chi connectivity index (χ3n) is 4.02. The third-order valence-corrected chi connectivity index (χ3v) is 4.26. The van der Waals surface area contributed by atoms with Gasteiger partial charge in [-0.3, -0.25) is 14.8 Å². The largest absolute Gasteiger partial charge is 0.434 e. The SMILES string of the molecule is Cn1ccc(CC(=O)NCC2(C(F)(F)F)OC(=O)Nc3ccc(Cl)cc32)n1. The van der Waals surface area contributed by atoms with Crippen LogP contribution in [0.5, 0.6) is 0 Å². The number of fused-ring (bicyclic) bond motifs is 1. The lowest BCUT2D eigenvalue weighted by atomic mass is 9.89. The molecule has 1 unspecified atom stereocenters. The van der Waals surface area contributed by atoms with Gasteiger partial charge in [-0.25, -0.2) is 4.79 Å². The highest BCUT2D eigenvalue weighted by atomic mass is 35.5. The van der Waals surface area contributed by atoms with Crippen molar-refractivity contribution in [2.24, 2.45) is 7.05 Å². The van der Waals surface area contributed by atoms with E-state index < -0.39 is 30.3 Å². The summed E-state index contributed by atoms with van der Waals surface area (Å²) >= 11 is 5.83. The molecule has 11 heteroatoms. The van der Waals surface area contributed by atoms with Crippen LogP contribution in [0.4, 0.5) is 23.7 Å². The molecule has 144 valence electrons. The van der Waals surface area contributed by atoms with Gasteiger partial charge >= 0.3 is 12.3 Å². The van der Waals surface area contributed by atoms with Crippen molar-refractivity contribution >= 4 is 29.3 Å². The van der Waals surface area contributed by atoms with E-state index in [0.29, 0.717) is 5.69 Å². The molecular weight excluding hydrogens is 389 g/mol. The predicted molar refractivity (Wildman–Crippen MR) is 89.2 cm³/mol. The Kier molecular flexibility index (Phi) is 4.77. The number of alkyl halides is 3. The van der Waals surface area contributed by atoms with Gasteiger partial charge in [-0.15, -0.1) is 0 Å². The number of nitrogens with zero attached hydrogens (tertiary/aromatic N) is 2. The molecule has 0 saturated heterocycles. The van der Waals surface area contributed by atoms with Crippen LogP contribution in [0.15, 0.2) is 30.5 Å². The van der Waals surface area contributed by atoms with Gasteiger partial charge in [0.2, 0.25) is 5.91 Å². The maximum absolute atomic E-state index is 13.9. The smallest absolute Gasteiger partial charge is 0.426 e. The lowest BCUT2D eigenvalue weighted by molar-refractivity contribution is -0.262. The van der Waals surface area contributed by atoms with Gasteiger partial charge in [-0.1, -0.05) is 11.6 Å². The predicted octanol–water partition coefficient (Wildman–Crippen LogP) is 2.75. The van der Waals surface area contributed by atoms with Crippen LogP contribution in [0.2, 0.25) is 5.02 Å². The zero-order valence-corrected chi connectivity index (χ0v) is 14.7. The first kappa shape index (κ1) is 19.0. The fourth-order valence-corrected chi connectivity index (χ4v) is 2.93. The summed E-state index contributed by atoms with van der Waals surface area (Å²) < 4.78 is 48.0. The van der Waals surface area contributed by atoms with E-state index >= 15 is 0 Å². The summed E-state index contributed by atoms with van der Waals surface area (Å²) in [6.45, 7) is -0.997. The zero-order valence-electron chi connectivity index (χ0n) is 13.9. The van der Waals surface area contributed by atoms with Gasteiger partial charge < -0.3 is 10.1 Å². The molecule has 0 radical (unpaired) electrons. The summed E-state index contributed by atoms with van der Waals surface area (Å²) in [5, 5.41) is 8.40. The Bertz CT molecular complexity index is 899. The lowest BCUT2D eigenvalue weighted by Gasteiger charge is -2.39. The normalized spacial score (nSPS) is 19.1. The molecule has 7 nitrogen and oxygen atoms in total. The minimum atomic E-state index is -5.00. The quantitative estimate of drug-likeness (QED) is 0.823. The van der Waals surface area contributed by atoms with Crippen LogP contribution in [-0.2, 0) is 28.6 Å². The number of aryl methyl sites for hydroxylation is 1.